The van der Waals surface area contributed by atoms with Crippen LogP contribution in [-0.4, -0.2) is 29.6 Å². The Morgan fingerprint density at radius 2 is 1.82 bits per heavy atom. The van der Waals surface area contributed by atoms with Gasteiger partial charge in [0.2, 0.25) is 6.10 Å². The van der Waals surface area contributed by atoms with Gasteiger partial charge in [0.05, 0.1) is 12.2 Å². The normalized spacial score (nSPS) is 11.5. The number of rotatable bonds is 6. The molecule has 1 aromatic carbocycles. The number of benzene rings is 1. The van der Waals surface area contributed by atoms with Crippen LogP contribution in [0.15, 0.2) is 54.7 Å². The summed E-state index contributed by atoms with van der Waals surface area (Å²) in [5, 5.41) is 0. The molecule has 5 nitrogen and oxygen atoms in total. The van der Waals surface area contributed by atoms with Crippen LogP contribution in [0.5, 0.6) is 0 Å². The molecule has 0 bridgehead atoms. The Bertz CT molecular complexity index is 613. The van der Waals surface area contributed by atoms with Crippen molar-refractivity contribution in [2.75, 3.05) is 6.61 Å². The van der Waals surface area contributed by atoms with Crippen molar-refractivity contribution in [3.05, 3.63) is 66.0 Å². The summed E-state index contributed by atoms with van der Waals surface area (Å²) in [7, 11) is 0. The third-order valence-corrected chi connectivity index (χ3v) is 2.93. The van der Waals surface area contributed by atoms with E-state index in [1.807, 2.05) is 6.07 Å². The lowest BCUT2D eigenvalue weighted by atomic mass is 10.1. The molecule has 2 rings (SSSR count). The van der Waals surface area contributed by atoms with Gasteiger partial charge in [-0.1, -0.05) is 24.3 Å². The second kappa shape index (κ2) is 7.93. The number of esters is 2. The molecule has 0 N–H and O–H groups in total. The topological polar surface area (TPSA) is 65.5 Å². The highest BCUT2D eigenvalue weighted by atomic mass is 16.6. The van der Waals surface area contributed by atoms with Crippen LogP contribution in [0.3, 0.4) is 0 Å². The van der Waals surface area contributed by atoms with Crippen LogP contribution in [0.2, 0.25) is 0 Å². The average molecular weight is 299 g/mol. The van der Waals surface area contributed by atoms with Gasteiger partial charge >= 0.3 is 11.9 Å². The van der Waals surface area contributed by atoms with Crippen molar-refractivity contribution in [3.8, 4) is 0 Å². The molecule has 0 saturated carbocycles. The Kier molecular flexibility index (Phi) is 5.65. The van der Waals surface area contributed by atoms with Crippen molar-refractivity contribution in [3.63, 3.8) is 0 Å². The van der Waals surface area contributed by atoms with E-state index >= 15 is 0 Å². The Morgan fingerprint density at radius 3 is 2.45 bits per heavy atom. The quantitative estimate of drug-likeness (QED) is 0.766. The number of nitrogens with zero attached hydrogens (tertiary/aromatic N) is 1. The SMILES string of the molecule is CCOC(=O)[C@H](Cc1ccccn1)OC(=O)c1ccccc1. The number of ether oxygens (including phenoxy) is 2. The van der Waals surface area contributed by atoms with E-state index in [0.717, 1.165) is 0 Å². The maximum absolute atomic E-state index is 12.1. The molecule has 0 fully saturated rings. The molecule has 0 aliphatic carbocycles. The van der Waals surface area contributed by atoms with E-state index in [1.165, 1.54) is 0 Å². The van der Waals surface area contributed by atoms with E-state index in [4.69, 9.17) is 9.47 Å². The van der Waals surface area contributed by atoms with Gasteiger partial charge < -0.3 is 9.47 Å². The third-order valence-electron chi connectivity index (χ3n) is 2.93. The highest BCUT2D eigenvalue weighted by Crippen LogP contribution is 2.10. The molecule has 0 aliphatic rings. The van der Waals surface area contributed by atoms with Crippen LogP contribution < -0.4 is 0 Å². The Morgan fingerprint density at radius 1 is 1.09 bits per heavy atom. The number of hydrogen-bond donors (Lipinski definition) is 0. The van der Waals surface area contributed by atoms with Gasteiger partial charge in [0, 0.05) is 18.3 Å². The minimum atomic E-state index is -1.01. The third kappa shape index (κ3) is 4.41. The van der Waals surface area contributed by atoms with Gasteiger partial charge in [0.1, 0.15) is 0 Å². The lowest BCUT2D eigenvalue weighted by Gasteiger charge is -2.16. The second-order valence-corrected chi connectivity index (χ2v) is 4.54. The molecule has 1 heterocycles. The first-order valence-electron chi connectivity index (χ1n) is 7.03. The predicted molar refractivity (Wildman–Crippen MR) is 80.2 cm³/mol. The molecule has 22 heavy (non-hydrogen) atoms. The Labute approximate surface area is 128 Å². The van der Waals surface area contributed by atoms with Gasteiger partial charge in [0.15, 0.2) is 0 Å². The van der Waals surface area contributed by atoms with Crippen molar-refractivity contribution in [2.45, 2.75) is 19.4 Å². The summed E-state index contributed by atoms with van der Waals surface area (Å²) in [5.74, 6) is -1.13. The molecule has 1 atom stereocenters. The van der Waals surface area contributed by atoms with Gasteiger partial charge in [-0.3, -0.25) is 4.98 Å². The van der Waals surface area contributed by atoms with Crippen LogP contribution in [0.25, 0.3) is 0 Å². The minimum Gasteiger partial charge on any atom is -0.463 e. The number of carbonyl (C=O) groups excluding carboxylic acids is 2. The van der Waals surface area contributed by atoms with Gasteiger partial charge in [-0.15, -0.1) is 0 Å². The lowest BCUT2D eigenvalue weighted by molar-refractivity contribution is -0.153. The van der Waals surface area contributed by atoms with Crippen LogP contribution in [0.1, 0.15) is 23.0 Å². The summed E-state index contributed by atoms with van der Waals surface area (Å²) >= 11 is 0. The second-order valence-electron chi connectivity index (χ2n) is 4.54. The fourth-order valence-electron chi connectivity index (χ4n) is 1.89. The van der Waals surface area contributed by atoms with Gasteiger partial charge in [0.25, 0.3) is 0 Å². The zero-order valence-corrected chi connectivity index (χ0v) is 12.3. The van der Waals surface area contributed by atoms with Crippen molar-refractivity contribution in [1.29, 1.82) is 0 Å². The summed E-state index contributed by atoms with van der Waals surface area (Å²) in [6, 6.07) is 13.9. The maximum Gasteiger partial charge on any atom is 0.347 e. The highest BCUT2D eigenvalue weighted by Gasteiger charge is 2.25. The molecule has 0 amide bonds. The van der Waals surface area contributed by atoms with E-state index in [-0.39, 0.29) is 13.0 Å². The van der Waals surface area contributed by atoms with Crippen LogP contribution in [0.4, 0.5) is 0 Å². The molecule has 5 heteroatoms. The van der Waals surface area contributed by atoms with Gasteiger partial charge in [-0.05, 0) is 31.2 Å². The van der Waals surface area contributed by atoms with Crippen LogP contribution in [0, 0.1) is 0 Å². The molecule has 114 valence electrons. The summed E-state index contributed by atoms with van der Waals surface area (Å²) in [6.45, 7) is 1.93. The summed E-state index contributed by atoms with van der Waals surface area (Å²) in [4.78, 5) is 28.2. The zero-order valence-electron chi connectivity index (χ0n) is 12.3. The first-order valence-corrected chi connectivity index (χ1v) is 7.03. The smallest absolute Gasteiger partial charge is 0.347 e. The van der Waals surface area contributed by atoms with Crippen molar-refractivity contribution >= 4 is 11.9 Å². The molecule has 0 aliphatic heterocycles. The van der Waals surface area contributed by atoms with Crippen molar-refractivity contribution in [2.24, 2.45) is 0 Å². The molecule has 1 aromatic heterocycles. The monoisotopic (exact) mass is 299 g/mol. The van der Waals surface area contributed by atoms with Crippen LogP contribution >= 0.6 is 0 Å². The Balaban J connectivity index is 2.11. The fraction of sp³-hybridized carbons (Fsp3) is 0.235. The van der Waals surface area contributed by atoms with Crippen molar-refractivity contribution < 1.29 is 19.1 Å². The molecular weight excluding hydrogens is 282 g/mol. The predicted octanol–water partition coefficient (Wildman–Crippen LogP) is 2.41. The fourth-order valence-corrected chi connectivity index (χ4v) is 1.89. The molecule has 0 spiro atoms. The molecule has 0 unspecified atom stereocenters. The highest BCUT2D eigenvalue weighted by molar-refractivity contribution is 5.91. The van der Waals surface area contributed by atoms with E-state index in [2.05, 4.69) is 4.98 Å². The van der Waals surface area contributed by atoms with E-state index in [1.54, 1.807) is 55.6 Å². The number of hydrogen-bond acceptors (Lipinski definition) is 5. The van der Waals surface area contributed by atoms with Crippen LogP contribution in [-0.2, 0) is 20.7 Å². The average Bonchev–Trinajstić information content (AvgIpc) is 2.56. The standard InChI is InChI=1S/C17H17NO4/c1-2-21-17(20)15(12-14-10-6-7-11-18-14)22-16(19)13-8-4-3-5-9-13/h3-11,15H,2,12H2,1H3/t15-/m0/s1. The van der Waals surface area contributed by atoms with Crippen molar-refractivity contribution in [1.82, 2.24) is 4.98 Å². The molecular formula is C17H17NO4. The minimum absolute atomic E-state index is 0.179. The first-order chi connectivity index (χ1) is 10.7. The molecule has 0 saturated heterocycles. The van der Waals surface area contributed by atoms with E-state index in [9.17, 15) is 9.59 Å². The van der Waals surface area contributed by atoms with E-state index < -0.39 is 18.0 Å². The number of pyridine rings is 1. The Hall–Kier alpha value is -2.69. The van der Waals surface area contributed by atoms with E-state index in [0.29, 0.717) is 11.3 Å². The summed E-state index contributed by atoms with van der Waals surface area (Å²) in [5.41, 5.74) is 1.04. The van der Waals surface area contributed by atoms with Gasteiger partial charge in [-0.2, -0.15) is 0 Å². The number of aromatic nitrogens is 1. The molecule has 0 radical (unpaired) electrons. The molecule has 2 aromatic rings. The number of carbonyl (C=O) groups is 2. The summed E-state index contributed by atoms with van der Waals surface area (Å²) in [6.07, 6.45) is 0.789. The summed E-state index contributed by atoms with van der Waals surface area (Å²) < 4.78 is 10.3. The zero-order chi connectivity index (χ0) is 15.8. The largest absolute Gasteiger partial charge is 0.463 e. The maximum atomic E-state index is 12.1. The lowest BCUT2D eigenvalue weighted by Crippen LogP contribution is -2.31. The first kappa shape index (κ1) is 15.7. The van der Waals surface area contributed by atoms with Gasteiger partial charge in [-0.25, -0.2) is 9.59 Å².